The minimum atomic E-state index is -4.01. The molecule has 1 aromatic carbocycles. The molecule has 7 nitrogen and oxygen atoms in total. The van der Waals surface area contributed by atoms with E-state index in [1.165, 1.54) is 0 Å². The first-order valence-corrected chi connectivity index (χ1v) is 6.31. The van der Waals surface area contributed by atoms with E-state index in [1.807, 2.05) is 0 Å². The third-order valence-electron chi connectivity index (χ3n) is 1.88. The van der Waals surface area contributed by atoms with Crippen LogP contribution in [0.4, 0.5) is 0 Å². The van der Waals surface area contributed by atoms with Crippen LogP contribution in [0.1, 0.15) is 5.56 Å². The van der Waals surface area contributed by atoms with Crippen LogP contribution in [0, 0.1) is 10.1 Å². The average molecular weight is 260 g/mol. The van der Waals surface area contributed by atoms with Gasteiger partial charge in [0.2, 0.25) is 0 Å². The normalized spacial score (nSPS) is 13.2. The summed E-state index contributed by atoms with van der Waals surface area (Å²) in [6.45, 7) is -0.499. The Hall–Kier alpha value is -1.51. The summed E-state index contributed by atoms with van der Waals surface area (Å²) >= 11 is 0. The van der Waals surface area contributed by atoms with Gasteiger partial charge in [0.25, 0.3) is 10.1 Å². The van der Waals surface area contributed by atoms with Crippen molar-refractivity contribution < 1.29 is 17.5 Å². The Morgan fingerprint density at radius 2 is 1.94 bits per heavy atom. The maximum atomic E-state index is 11.5. The Morgan fingerprint density at radius 1 is 1.35 bits per heavy atom. The molecule has 0 spiro atoms. The van der Waals surface area contributed by atoms with Crippen LogP contribution in [0.25, 0.3) is 0 Å². The van der Waals surface area contributed by atoms with E-state index in [9.17, 15) is 18.5 Å². The SMILES string of the molecule is NCC(OS(=O)(=O)Cc1ccccc1)[N+](=O)[O-]. The summed E-state index contributed by atoms with van der Waals surface area (Å²) in [5, 5.41) is 10.4. The number of nitro groups is 1. The summed E-state index contributed by atoms with van der Waals surface area (Å²) in [5.74, 6) is -0.418. The minimum absolute atomic E-state index is 0.418. The first-order valence-electron chi connectivity index (χ1n) is 4.73. The topological polar surface area (TPSA) is 113 Å². The molecule has 0 amide bonds. The van der Waals surface area contributed by atoms with Crippen LogP contribution in [0.2, 0.25) is 0 Å². The lowest BCUT2D eigenvalue weighted by Gasteiger charge is -2.08. The minimum Gasteiger partial charge on any atom is -0.322 e. The van der Waals surface area contributed by atoms with Gasteiger partial charge in [-0.1, -0.05) is 30.3 Å². The molecule has 0 fully saturated rings. The van der Waals surface area contributed by atoms with Gasteiger partial charge in [-0.25, -0.2) is 0 Å². The number of hydrogen-bond donors (Lipinski definition) is 1. The predicted molar refractivity (Wildman–Crippen MR) is 60.0 cm³/mol. The second-order valence-electron chi connectivity index (χ2n) is 3.26. The summed E-state index contributed by atoms with van der Waals surface area (Å²) in [6.07, 6.45) is -1.73. The fraction of sp³-hybridized carbons (Fsp3) is 0.333. The monoisotopic (exact) mass is 260 g/mol. The van der Waals surface area contributed by atoms with E-state index in [1.54, 1.807) is 30.3 Å². The highest BCUT2D eigenvalue weighted by atomic mass is 32.2. The molecule has 1 atom stereocenters. The maximum absolute atomic E-state index is 11.5. The van der Waals surface area contributed by atoms with Crippen molar-refractivity contribution in [2.24, 2.45) is 5.73 Å². The van der Waals surface area contributed by atoms with Gasteiger partial charge < -0.3 is 5.73 Å². The molecule has 0 saturated heterocycles. The van der Waals surface area contributed by atoms with Gasteiger partial charge in [0.05, 0.1) is 11.5 Å². The van der Waals surface area contributed by atoms with Crippen molar-refractivity contribution in [3.8, 4) is 0 Å². The van der Waals surface area contributed by atoms with E-state index >= 15 is 0 Å². The van der Waals surface area contributed by atoms with E-state index in [0.717, 1.165) is 0 Å². The molecule has 0 aliphatic heterocycles. The van der Waals surface area contributed by atoms with Gasteiger partial charge in [-0.2, -0.15) is 12.6 Å². The van der Waals surface area contributed by atoms with Gasteiger partial charge in [-0.3, -0.25) is 10.1 Å². The lowest BCUT2D eigenvalue weighted by molar-refractivity contribution is -0.559. The van der Waals surface area contributed by atoms with Gasteiger partial charge in [0.1, 0.15) is 5.75 Å². The van der Waals surface area contributed by atoms with E-state index in [2.05, 4.69) is 4.18 Å². The standard InChI is InChI=1S/C9H12N2O5S/c10-6-9(11(12)13)16-17(14,15)7-8-4-2-1-3-5-8/h1-5,9H,6-7,10H2. The lowest BCUT2D eigenvalue weighted by atomic mass is 10.2. The molecule has 0 aromatic heterocycles. The molecular weight excluding hydrogens is 248 g/mol. The molecule has 1 unspecified atom stereocenters. The van der Waals surface area contributed by atoms with Gasteiger partial charge >= 0.3 is 6.23 Å². The molecule has 0 aliphatic rings. The first kappa shape index (κ1) is 13.6. The third-order valence-corrected chi connectivity index (χ3v) is 3.08. The summed E-state index contributed by atoms with van der Waals surface area (Å²) in [5.41, 5.74) is 5.54. The molecule has 0 bridgehead atoms. The van der Waals surface area contributed by atoms with Crippen molar-refractivity contribution in [2.45, 2.75) is 12.0 Å². The summed E-state index contributed by atoms with van der Waals surface area (Å²) < 4.78 is 27.4. The molecule has 8 heteroatoms. The highest BCUT2D eigenvalue weighted by Gasteiger charge is 2.26. The zero-order valence-electron chi connectivity index (χ0n) is 8.85. The Kier molecular flexibility index (Phi) is 4.55. The molecule has 0 saturated carbocycles. The van der Waals surface area contributed by atoms with Crippen LogP contribution < -0.4 is 5.73 Å². The zero-order valence-corrected chi connectivity index (χ0v) is 9.67. The summed E-state index contributed by atoms with van der Waals surface area (Å²) in [7, 11) is -4.01. The molecule has 17 heavy (non-hydrogen) atoms. The van der Waals surface area contributed by atoms with Gasteiger partial charge in [-0.05, 0) is 5.56 Å². The molecule has 1 rings (SSSR count). The van der Waals surface area contributed by atoms with E-state index in [4.69, 9.17) is 5.73 Å². The van der Waals surface area contributed by atoms with Crippen LogP contribution in [-0.2, 0) is 20.1 Å². The lowest BCUT2D eigenvalue weighted by Crippen LogP contribution is -2.34. The van der Waals surface area contributed by atoms with E-state index in [0.29, 0.717) is 5.56 Å². The maximum Gasteiger partial charge on any atom is 0.341 e. The Balaban J connectivity index is 2.73. The predicted octanol–water partition coefficient (Wildman–Crippen LogP) is 0.0945. The molecule has 1 aromatic rings. The Labute approximate surface area is 98.5 Å². The fourth-order valence-electron chi connectivity index (χ4n) is 1.14. The molecule has 0 aliphatic carbocycles. The Morgan fingerprint density at radius 3 is 2.41 bits per heavy atom. The number of benzene rings is 1. The number of hydrogen-bond acceptors (Lipinski definition) is 6. The van der Waals surface area contributed by atoms with E-state index < -0.39 is 33.6 Å². The van der Waals surface area contributed by atoms with Crippen molar-refractivity contribution in [1.29, 1.82) is 0 Å². The van der Waals surface area contributed by atoms with Crippen LogP contribution >= 0.6 is 0 Å². The number of rotatable bonds is 6. The highest BCUT2D eigenvalue weighted by Crippen LogP contribution is 2.09. The van der Waals surface area contributed by atoms with Crippen molar-refractivity contribution in [3.05, 3.63) is 46.0 Å². The fourth-order valence-corrected chi connectivity index (χ4v) is 2.30. The number of nitrogens with zero attached hydrogens (tertiary/aromatic N) is 1. The van der Waals surface area contributed by atoms with Crippen LogP contribution in [0.3, 0.4) is 0 Å². The summed E-state index contributed by atoms with van der Waals surface area (Å²) in [4.78, 5) is 9.52. The second kappa shape index (κ2) is 5.71. The molecule has 2 N–H and O–H groups in total. The largest absolute Gasteiger partial charge is 0.341 e. The van der Waals surface area contributed by atoms with Crippen molar-refractivity contribution in [3.63, 3.8) is 0 Å². The molecule has 94 valence electrons. The van der Waals surface area contributed by atoms with E-state index in [-0.39, 0.29) is 0 Å². The third kappa shape index (κ3) is 4.47. The highest BCUT2D eigenvalue weighted by molar-refractivity contribution is 7.85. The Bertz CT molecular complexity index is 473. The quantitative estimate of drug-likeness (QED) is 0.336. The zero-order chi connectivity index (χ0) is 12.9. The van der Waals surface area contributed by atoms with Crippen LogP contribution in [0.15, 0.2) is 30.3 Å². The first-order chi connectivity index (χ1) is 7.94. The van der Waals surface area contributed by atoms with Crippen LogP contribution in [-0.4, -0.2) is 26.1 Å². The van der Waals surface area contributed by atoms with Crippen molar-refractivity contribution in [1.82, 2.24) is 0 Å². The van der Waals surface area contributed by atoms with Crippen molar-refractivity contribution >= 4 is 10.1 Å². The summed E-state index contributed by atoms with van der Waals surface area (Å²) in [6, 6.07) is 8.24. The van der Waals surface area contributed by atoms with Crippen molar-refractivity contribution in [2.75, 3.05) is 6.54 Å². The van der Waals surface area contributed by atoms with Crippen LogP contribution in [0.5, 0.6) is 0 Å². The molecule has 0 heterocycles. The second-order valence-corrected chi connectivity index (χ2v) is 4.86. The van der Waals surface area contributed by atoms with Gasteiger partial charge in [0, 0.05) is 0 Å². The number of nitrogens with two attached hydrogens (primary N) is 1. The molecule has 0 radical (unpaired) electrons. The average Bonchev–Trinajstić information content (AvgIpc) is 2.26. The molecular formula is C9H12N2O5S. The van der Waals surface area contributed by atoms with Gasteiger partial charge in [-0.15, -0.1) is 0 Å². The smallest absolute Gasteiger partial charge is 0.322 e. The van der Waals surface area contributed by atoms with Gasteiger partial charge in [0.15, 0.2) is 0 Å².